The fourth-order valence-electron chi connectivity index (χ4n) is 1.09. The molecule has 1 aliphatic carbocycles. The lowest BCUT2D eigenvalue weighted by Gasteiger charge is -2.20. The molecule has 0 spiro atoms. The minimum absolute atomic E-state index is 0.298. The van der Waals surface area contributed by atoms with Gasteiger partial charge in [-0.2, -0.15) is 0 Å². The van der Waals surface area contributed by atoms with Gasteiger partial charge in [0.25, 0.3) is 0 Å². The van der Waals surface area contributed by atoms with Crippen molar-refractivity contribution in [1.82, 2.24) is 0 Å². The number of rotatable bonds is 2. The molecule has 0 aromatic rings. The van der Waals surface area contributed by atoms with Crippen LogP contribution >= 0.6 is 0 Å². The second-order valence-corrected chi connectivity index (χ2v) is 5.56. The van der Waals surface area contributed by atoms with E-state index in [4.69, 9.17) is 0 Å². The fraction of sp³-hybridized carbons (Fsp3) is 0.444. The van der Waals surface area contributed by atoms with E-state index in [1.807, 2.05) is 0 Å². The molecule has 0 N–H and O–H groups in total. The first-order chi connectivity index (χ1) is 5.87. The van der Waals surface area contributed by atoms with Gasteiger partial charge in [-0.25, -0.2) is 8.42 Å². The van der Waals surface area contributed by atoms with Crippen molar-refractivity contribution in [1.29, 1.82) is 0 Å². The maximum Gasteiger partial charge on any atom is 0.175 e. The summed E-state index contributed by atoms with van der Waals surface area (Å²) in [5.74, 6) is 0. The molecule has 0 heterocycles. The van der Waals surface area contributed by atoms with Gasteiger partial charge in [-0.3, -0.25) is 0 Å². The number of carbonyl (C=O) groups is 1. The van der Waals surface area contributed by atoms with Gasteiger partial charge in [0.1, 0.15) is 6.29 Å². The normalized spacial score (nSPS) is 28.3. The van der Waals surface area contributed by atoms with Gasteiger partial charge < -0.3 is 4.79 Å². The second kappa shape index (κ2) is 3.10. The number of aldehydes is 1. The molecule has 72 valence electrons. The van der Waals surface area contributed by atoms with Crippen LogP contribution < -0.4 is 0 Å². The zero-order chi connectivity index (χ0) is 10.1. The third kappa shape index (κ3) is 2.28. The number of hydrogen-bond acceptors (Lipinski definition) is 3. The predicted octanol–water partition coefficient (Wildman–Crippen LogP) is 1.08. The Bertz CT molecular complexity index is 376. The van der Waals surface area contributed by atoms with Crippen molar-refractivity contribution in [3.05, 3.63) is 23.1 Å². The predicted molar refractivity (Wildman–Crippen MR) is 50.9 cm³/mol. The zero-order valence-electron chi connectivity index (χ0n) is 7.65. The monoisotopic (exact) mass is 200 g/mol. The molecule has 3 nitrogen and oxygen atoms in total. The summed E-state index contributed by atoms with van der Waals surface area (Å²) in [5, 5.41) is 0. The third-order valence-electron chi connectivity index (χ3n) is 2.07. The van der Waals surface area contributed by atoms with E-state index >= 15 is 0 Å². The molecule has 0 aromatic heterocycles. The van der Waals surface area contributed by atoms with Crippen molar-refractivity contribution >= 4 is 16.1 Å². The number of hydrogen-bond donors (Lipinski definition) is 0. The quantitative estimate of drug-likeness (QED) is 0.627. The number of allylic oxidation sites excluding steroid dienone is 3. The Kier molecular flexibility index (Phi) is 2.43. The van der Waals surface area contributed by atoms with Crippen LogP contribution in [0.15, 0.2) is 23.1 Å². The Morgan fingerprint density at radius 3 is 2.46 bits per heavy atom. The van der Waals surface area contributed by atoms with E-state index in [-0.39, 0.29) is 0 Å². The molecule has 13 heavy (non-hydrogen) atoms. The van der Waals surface area contributed by atoms with Gasteiger partial charge in [0.15, 0.2) is 9.84 Å². The fourth-order valence-corrected chi connectivity index (χ4v) is 1.79. The van der Waals surface area contributed by atoms with E-state index in [0.717, 1.165) is 12.5 Å². The minimum Gasteiger partial charge on any atom is -0.302 e. The van der Waals surface area contributed by atoms with Gasteiger partial charge in [-0.1, -0.05) is 12.2 Å². The van der Waals surface area contributed by atoms with Crippen LogP contribution in [0.2, 0.25) is 0 Å². The van der Waals surface area contributed by atoms with Gasteiger partial charge in [0.05, 0.1) is 4.91 Å². The Balaban J connectivity index is 2.95. The van der Waals surface area contributed by atoms with E-state index in [2.05, 4.69) is 0 Å². The lowest BCUT2D eigenvalue weighted by atomic mass is 9.86. The summed E-state index contributed by atoms with van der Waals surface area (Å²) in [6.07, 6.45) is 7.16. The lowest BCUT2D eigenvalue weighted by Crippen LogP contribution is -2.17. The summed E-state index contributed by atoms with van der Waals surface area (Å²) >= 11 is 0. The molecule has 0 radical (unpaired) electrons. The second-order valence-electron chi connectivity index (χ2n) is 3.54. The molecule has 4 heteroatoms. The molecular formula is C9H12O3S. The minimum atomic E-state index is -3.13. The topological polar surface area (TPSA) is 51.2 Å². The van der Waals surface area contributed by atoms with Gasteiger partial charge in [0, 0.05) is 11.7 Å². The van der Waals surface area contributed by atoms with Crippen molar-refractivity contribution in [2.24, 2.45) is 5.41 Å². The molecule has 1 aliphatic rings. The first-order valence-corrected chi connectivity index (χ1v) is 5.82. The summed E-state index contributed by atoms with van der Waals surface area (Å²) in [6, 6.07) is 0. The maximum atomic E-state index is 11.1. The van der Waals surface area contributed by atoms with Gasteiger partial charge >= 0.3 is 0 Å². The first-order valence-electron chi connectivity index (χ1n) is 3.93. The summed E-state index contributed by atoms with van der Waals surface area (Å²) in [7, 11) is -3.13. The number of sulfone groups is 1. The van der Waals surface area contributed by atoms with Crippen LogP contribution in [0.3, 0.4) is 0 Å². The van der Waals surface area contributed by atoms with Crippen molar-refractivity contribution < 1.29 is 13.2 Å². The molecule has 0 bridgehead atoms. The molecule has 1 rings (SSSR count). The van der Waals surface area contributed by atoms with Crippen molar-refractivity contribution in [2.45, 2.75) is 13.3 Å². The van der Waals surface area contributed by atoms with Crippen molar-refractivity contribution in [3.63, 3.8) is 0 Å². The maximum absolute atomic E-state index is 11.1. The van der Waals surface area contributed by atoms with Crippen LogP contribution in [0, 0.1) is 5.41 Å². The van der Waals surface area contributed by atoms with Crippen LogP contribution in [0.4, 0.5) is 0 Å². The molecule has 1 unspecified atom stereocenters. The van der Waals surface area contributed by atoms with E-state index in [0.29, 0.717) is 11.3 Å². The first kappa shape index (κ1) is 10.2. The van der Waals surface area contributed by atoms with Gasteiger partial charge in [-0.05, 0) is 19.4 Å². The average Bonchev–Trinajstić information content (AvgIpc) is 2.04. The highest BCUT2D eigenvalue weighted by Crippen LogP contribution is 2.28. The molecule has 0 fully saturated rings. The van der Waals surface area contributed by atoms with Crippen LogP contribution in [0.1, 0.15) is 13.3 Å². The van der Waals surface area contributed by atoms with Gasteiger partial charge in [-0.15, -0.1) is 0 Å². The van der Waals surface area contributed by atoms with Crippen LogP contribution in [0.25, 0.3) is 0 Å². The standard InChI is InChI=1S/C9H12O3S/c1-9(7-10)5-3-8(4-6-9)13(2,11)12/h3-5,7H,6H2,1-2H3. The lowest BCUT2D eigenvalue weighted by molar-refractivity contribution is -0.113. The van der Waals surface area contributed by atoms with Crippen LogP contribution in [-0.4, -0.2) is 21.0 Å². The van der Waals surface area contributed by atoms with E-state index in [1.54, 1.807) is 19.1 Å². The van der Waals surface area contributed by atoms with Gasteiger partial charge in [0.2, 0.25) is 0 Å². The Labute approximate surface area is 78.1 Å². The summed E-state index contributed by atoms with van der Waals surface area (Å²) in [6.45, 7) is 1.77. The highest BCUT2D eigenvalue weighted by molar-refractivity contribution is 7.94. The molecule has 0 aliphatic heterocycles. The number of carbonyl (C=O) groups excluding carboxylic acids is 1. The molecule has 0 aromatic carbocycles. The molecule has 0 saturated carbocycles. The average molecular weight is 200 g/mol. The molecule has 0 saturated heterocycles. The summed E-state index contributed by atoms with van der Waals surface area (Å²) in [4.78, 5) is 10.9. The SMILES string of the molecule is CC1(C=O)C=CC(S(C)(=O)=O)=CC1. The van der Waals surface area contributed by atoms with E-state index in [9.17, 15) is 13.2 Å². The Hall–Kier alpha value is -0.900. The van der Waals surface area contributed by atoms with Crippen LogP contribution in [-0.2, 0) is 14.6 Å². The van der Waals surface area contributed by atoms with E-state index in [1.165, 1.54) is 6.08 Å². The molecule has 0 amide bonds. The summed E-state index contributed by atoms with van der Waals surface area (Å²) in [5.41, 5.74) is -0.534. The molecular weight excluding hydrogens is 188 g/mol. The molecule has 1 atom stereocenters. The highest BCUT2D eigenvalue weighted by Gasteiger charge is 2.23. The smallest absolute Gasteiger partial charge is 0.175 e. The van der Waals surface area contributed by atoms with Crippen LogP contribution in [0.5, 0.6) is 0 Å². The highest BCUT2D eigenvalue weighted by atomic mass is 32.2. The Morgan fingerprint density at radius 1 is 1.54 bits per heavy atom. The van der Waals surface area contributed by atoms with Crippen molar-refractivity contribution in [2.75, 3.05) is 6.26 Å². The zero-order valence-corrected chi connectivity index (χ0v) is 8.47. The Morgan fingerprint density at radius 2 is 2.15 bits per heavy atom. The van der Waals surface area contributed by atoms with Crippen molar-refractivity contribution in [3.8, 4) is 0 Å². The third-order valence-corrected chi connectivity index (χ3v) is 3.23. The largest absolute Gasteiger partial charge is 0.302 e. The summed E-state index contributed by atoms with van der Waals surface area (Å²) < 4.78 is 22.2. The van der Waals surface area contributed by atoms with E-state index < -0.39 is 15.3 Å².